The summed E-state index contributed by atoms with van der Waals surface area (Å²) in [4.78, 5) is 0. The van der Waals surface area contributed by atoms with Gasteiger partial charge in [0.05, 0.1) is 13.6 Å². The van der Waals surface area contributed by atoms with Crippen LogP contribution in [0.1, 0.15) is 12.7 Å². The molecule has 0 amide bonds. The standard InChI is InChI=1S/C7H13N2.6FH.Sb/c1-4-9-6-5-8(3)7(9)2;;;;;;;/h5-6H,4H2,1-3H3;6*1H;/q+1;;;;;;;+5/p-6. The molecule has 0 saturated carbocycles. The molecule has 98 valence electrons. The molecule has 1 aromatic heterocycles. The fraction of sp³-hybridized carbons (Fsp3) is 0.571. The van der Waals surface area contributed by atoms with Crippen LogP contribution < -0.4 is 4.57 Å². The number of rotatable bonds is 1. The van der Waals surface area contributed by atoms with Crippen molar-refractivity contribution >= 4 is 19.5 Å². The average Bonchev–Trinajstić information content (AvgIpc) is 2.26. The molecule has 9 heteroatoms. The van der Waals surface area contributed by atoms with Crippen molar-refractivity contribution in [1.29, 1.82) is 0 Å². The van der Waals surface area contributed by atoms with E-state index in [4.69, 9.17) is 0 Å². The molecule has 16 heavy (non-hydrogen) atoms. The number of aromatic nitrogens is 2. The van der Waals surface area contributed by atoms with E-state index in [0.717, 1.165) is 6.54 Å². The average molecular weight is 361 g/mol. The molecule has 0 aliphatic rings. The zero-order chi connectivity index (χ0) is 13.3. The van der Waals surface area contributed by atoms with Gasteiger partial charge in [-0.3, -0.25) is 0 Å². The van der Waals surface area contributed by atoms with E-state index in [1.165, 1.54) is 5.82 Å². The third-order valence-electron chi connectivity index (χ3n) is 1.74. The fourth-order valence-electron chi connectivity index (χ4n) is 0.933. The van der Waals surface area contributed by atoms with Gasteiger partial charge in [0, 0.05) is 6.92 Å². The molecule has 1 rings (SSSR count). The molecule has 0 spiro atoms. The zero-order valence-electron chi connectivity index (χ0n) is 8.97. The molecule has 0 aromatic carbocycles. The summed E-state index contributed by atoms with van der Waals surface area (Å²) in [5.74, 6) is 1.30. The van der Waals surface area contributed by atoms with Gasteiger partial charge in [0.15, 0.2) is 0 Å². The molecule has 0 saturated heterocycles. The molecule has 1 aromatic rings. The Morgan fingerprint density at radius 3 is 1.69 bits per heavy atom. The molecular formula is C7H13F6N2Sb. The van der Waals surface area contributed by atoms with Gasteiger partial charge in [-0.25, -0.2) is 9.13 Å². The third kappa shape index (κ3) is 10.1. The minimum absolute atomic E-state index is 1.06. The number of hydrogen-bond acceptors (Lipinski definition) is 0. The number of halogens is 6. The van der Waals surface area contributed by atoms with Crippen LogP contribution in [-0.2, 0) is 13.6 Å². The second-order valence-corrected chi connectivity index (χ2v) is 8.67. The molecule has 0 unspecified atom stereocenters. The van der Waals surface area contributed by atoms with Crippen molar-refractivity contribution in [1.82, 2.24) is 4.57 Å². The summed E-state index contributed by atoms with van der Waals surface area (Å²) in [7, 11) is 2.06. The van der Waals surface area contributed by atoms with E-state index in [9.17, 15) is 16.9 Å². The van der Waals surface area contributed by atoms with Crippen molar-refractivity contribution in [2.45, 2.75) is 20.4 Å². The summed E-state index contributed by atoms with van der Waals surface area (Å²) in [5, 5.41) is 0. The van der Waals surface area contributed by atoms with Gasteiger partial charge in [0.25, 0.3) is 5.82 Å². The second kappa shape index (κ2) is 3.82. The second-order valence-electron chi connectivity index (χ2n) is 3.20. The Morgan fingerprint density at radius 2 is 1.56 bits per heavy atom. The van der Waals surface area contributed by atoms with Crippen LogP contribution in [0.5, 0.6) is 0 Å². The molecule has 0 fully saturated rings. The maximum absolute atomic E-state index is 11.2. The van der Waals surface area contributed by atoms with E-state index in [1.807, 2.05) is 0 Å². The summed E-state index contributed by atoms with van der Waals surface area (Å²) in [6.07, 6.45) is 4.16. The Labute approximate surface area is 91.4 Å². The van der Waals surface area contributed by atoms with Crippen LogP contribution in [0.15, 0.2) is 12.4 Å². The first-order valence-corrected chi connectivity index (χ1v) is 10.1. The summed E-state index contributed by atoms with van der Waals surface area (Å²) >= 11 is -11.2. The monoisotopic (exact) mass is 360 g/mol. The van der Waals surface area contributed by atoms with Gasteiger partial charge in [-0.05, 0) is 6.92 Å². The van der Waals surface area contributed by atoms with Crippen LogP contribution in [0.4, 0.5) is 16.9 Å². The van der Waals surface area contributed by atoms with Crippen LogP contribution in [0, 0.1) is 6.92 Å². The van der Waals surface area contributed by atoms with E-state index in [-0.39, 0.29) is 0 Å². The Hall–Kier alpha value is -0.392. The summed E-state index contributed by atoms with van der Waals surface area (Å²) in [6.45, 7) is 5.32. The molecule has 1 heterocycles. The maximum atomic E-state index is 9.93. The van der Waals surface area contributed by atoms with E-state index in [1.54, 1.807) is 0 Å². The first kappa shape index (κ1) is 15.6. The van der Waals surface area contributed by atoms with Crippen molar-refractivity contribution < 1.29 is 21.4 Å². The first-order chi connectivity index (χ1) is 6.70. The molecule has 0 atom stereocenters. The molecule has 0 N–H and O–H groups in total. The van der Waals surface area contributed by atoms with Crippen LogP contribution in [0.3, 0.4) is 0 Å². The molecule has 0 aliphatic heterocycles. The van der Waals surface area contributed by atoms with Crippen molar-refractivity contribution in [3.05, 3.63) is 18.2 Å². The van der Waals surface area contributed by atoms with Crippen molar-refractivity contribution in [2.24, 2.45) is 7.05 Å². The Morgan fingerprint density at radius 1 is 1.19 bits per heavy atom. The quantitative estimate of drug-likeness (QED) is 0.413. The van der Waals surface area contributed by atoms with Gasteiger partial charge in [-0.2, -0.15) is 0 Å². The fourth-order valence-corrected chi connectivity index (χ4v) is 0.933. The van der Waals surface area contributed by atoms with Crippen LogP contribution in [-0.4, -0.2) is 24.0 Å². The van der Waals surface area contributed by atoms with Gasteiger partial charge in [0.1, 0.15) is 12.4 Å². The minimum atomic E-state index is -11.2. The topological polar surface area (TPSA) is 8.81 Å². The van der Waals surface area contributed by atoms with Crippen molar-refractivity contribution in [2.75, 3.05) is 0 Å². The van der Waals surface area contributed by atoms with Gasteiger partial charge in [0.2, 0.25) is 0 Å². The molecular weight excluding hydrogens is 348 g/mol. The molecule has 0 aliphatic carbocycles. The summed E-state index contributed by atoms with van der Waals surface area (Å²) < 4.78 is 63.9. The number of imidazole rings is 1. The Balaban J connectivity index is 0.000000293. The van der Waals surface area contributed by atoms with Gasteiger partial charge in [-0.1, -0.05) is 0 Å². The summed E-state index contributed by atoms with van der Waals surface area (Å²) in [6, 6.07) is 0. The number of aryl methyl sites for hydroxylation is 2. The van der Waals surface area contributed by atoms with Crippen LogP contribution >= 0.6 is 0 Å². The molecule has 0 radical (unpaired) electrons. The summed E-state index contributed by atoms with van der Waals surface area (Å²) in [5.41, 5.74) is 0. The predicted molar refractivity (Wildman–Crippen MR) is 48.4 cm³/mol. The van der Waals surface area contributed by atoms with E-state index in [2.05, 4.69) is 42.4 Å². The molecule has 2 nitrogen and oxygen atoms in total. The first-order valence-electron chi connectivity index (χ1n) is 4.28. The number of nitrogens with zero attached hydrogens (tertiary/aromatic N) is 2. The van der Waals surface area contributed by atoms with E-state index in [0.29, 0.717) is 0 Å². The van der Waals surface area contributed by atoms with Gasteiger partial charge < -0.3 is 0 Å². The third-order valence-corrected chi connectivity index (χ3v) is 1.74. The van der Waals surface area contributed by atoms with Gasteiger partial charge >= 0.3 is 36.4 Å². The van der Waals surface area contributed by atoms with Crippen molar-refractivity contribution in [3.8, 4) is 0 Å². The van der Waals surface area contributed by atoms with Crippen LogP contribution in [0.25, 0.3) is 0 Å². The Kier molecular flexibility index (Phi) is 3.73. The van der Waals surface area contributed by atoms with Crippen LogP contribution in [0.2, 0.25) is 0 Å². The zero-order valence-corrected chi connectivity index (χ0v) is 11.5. The van der Waals surface area contributed by atoms with Gasteiger partial charge in [-0.15, -0.1) is 0 Å². The predicted octanol–water partition coefficient (Wildman–Crippen LogP) is 2.78. The molecule has 0 bridgehead atoms. The number of hydrogen-bond donors (Lipinski definition) is 0. The SMILES string of the molecule is CCn1cc[n+](C)c1C.[F][Sb-]([F])([F])([F])([F])[F]. The normalized spacial score (nSPS) is 15.8. The van der Waals surface area contributed by atoms with E-state index < -0.39 is 19.5 Å². The Bertz CT molecular complexity index is 353. The van der Waals surface area contributed by atoms with E-state index >= 15 is 0 Å². The van der Waals surface area contributed by atoms with Crippen molar-refractivity contribution in [3.63, 3.8) is 0 Å².